The van der Waals surface area contributed by atoms with Crippen molar-refractivity contribution in [3.63, 3.8) is 0 Å². The summed E-state index contributed by atoms with van der Waals surface area (Å²) in [6.45, 7) is 0. The molecule has 4 heteroatoms. The molecule has 0 bridgehead atoms. The van der Waals surface area contributed by atoms with E-state index in [1.54, 1.807) is 0 Å². The Morgan fingerprint density at radius 1 is 0.750 bits per heavy atom. The second-order valence-corrected chi connectivity index (χ2v) is 3.23. The zero-order chi connectivity index (χ0) is 11.7. The number of hydrogen-bond donors (Lipinski definition) is 0. The Balaban J connectivity index is 2.61. The summed E-state index contributed by atoms with van der Waals surface area (Å²) in [7, 11) is 0. The molecule has 2 rings (SSSR count). The van der Waals surface area contributed by atoms with E-state index in [4.69, 9.17) is 0 Å². The molecule has 0 fully saturated rings. The molecule has 0 radical (unpaired) electrons. The normalized spacial score (nSPS) is 10.5. The predicted octanol–water partition coefficient (Wildman–Crippen LogP) is 3.91. The van der Waals surface area contributed by atoms with Crippen LogP contribution >= 0.6 is 0 Å². The molecule has 0 saturated heterocycles. The molecule has 82 valence electrons. The van der Waals surface area contributed by atoms with E-state index in [-0.39, 0.29) is 11.1 Å². The first kappa shape index (κ1) is 10.7. The average Bonchev–Trinajstić information content (AvgIpc) is 2.26. The van der Waals surface area contributed by atoms with Crippen LogP contribution in [0.15, 0.2) is 36.4 Å². The number of hydrogen-bond acceptors (Lipinski definition) is 0. The molecule has 0 N–H and O–H groups in total. The lowest BCUT2D eigenvalue weighted by molar-refractivity contribution is 0.449. The van der Waals surface area contributed by atoms with Gasteiger partial charge in [0.15, 0.2) is 17.5 Å². The Hall–Kier alpha value is -1.84. The monoisotopic (exact) mass is 226 g/mol. The first-order valence-electron chi connectivity index (χ1n) is 4.49. The van der Waals surface area contributed by atoms with E-state index in [2.05, 4.69) is 0 Å². The Kier molecular flexibility index (Phi) is 2.64. The molecular formula is C12H6F4. The van der Waals surface area contributed by atoms with Gasteiger partial charge in [0.1, 0.15) is 5.82 Å². The van der Waals surface area contributed by atoms with Crippen molar-refractivity contribution in [3.05, 3.63) is 59.7 Å². The van der Waals surface area contributed by atoms with Gasteiger partial charge in [0.05, 0.1) is 0 Å². The molecule has 0 heterocycles. The van der Waals surface area contributed by atoms with Crippen molar-refractivity contribution in [1.82, 2.24) is 0 Å². The standard InChI is InChI=1S/C12H6F4/c13-8-3-1-2-7(6-8)9-4-5-10(14)12(16)11(9)15/h1-6H. The van der Waals surface area contributed by atoms with E-state index in [1.165, 1.54) is 18.2 Å². The summed E-state index contributed by atoms with van der Waals surface area (Å²) in [5, 5.41) is 0. The highest BCUT2D eigenvalue weighted by molar-refractivity contribution is 5.64. The molecule has 0 amide bonds. The van der Waals surface area contributed by atoms with Crippen molar-refractivity contribution in [3.8, 4) is 11.1 Å². The average molecular weight is 226 g/mol. The van der Waals surface area contributed by atoms with Crippen LogP contribution in [0.1, 0.15) is 0 Å². The Labute approximate surface area is 89.2 Å². The van der Waals surface area contributed by atoms with Gasteiger partial charge in [0.2, 0.25) is 0 Å². The minimum absolute atomic E-state index is 0.163. The molecule has 2 aromatic rings. The van der Waals surface area contributed by atoms with Crippen LogP contribution in [0.4, 0.5) is 17.6 Å². The summed E-state index contributed by atoms with van der Waals surface area (Å²) in [6.07, 6.45) is 0. The van der Waals surface area contributed by atoms with Crippen LogP contribution in [0.3, 0.4) is 0 Å². The maximum absolute atomic E-state index is 13.3. The van der Waals surface area contributed by atoms with Gasteiger partial charge in [-0.3, -0.25) is 0 Å². The van der Waals surface area contributed by atoms with Gasteiger partial charge in [-0.1, -0.05) is 12.1 Å². The molecule has 0 aliphatic rings. The molecule has 16 heavy (non-hydrogen) atoms. The minimum atomic E-state index is -1.55. The fourth-order valence-electron chi connectivity index (χ4n) is 1.40. The molecule has 0 nitrogen and oxygen atoms in total. The Bertz CT molecular complexity index is 535. The van der Waals surface area contributed by atoms with Crippen molar-refractivity contribution in [2.75, 3.05) is 0 Å². The summed E-state index contributed by atoms with van der Waals surface area (Å²) < 4.78 is 51.8. The molecule has 0 aromatic heterocycles. The molecule has 2 aromatic carbocycles. The fraction of sp³-hybridized carbons (Fsp3) is 0. The lowest BCUT2D eigenvalue weighted by atomic mass is 10.0. The smallest absolute Gasteiger partial charge is 0.195 e. The highest BCUT2D eigenvalue weighted by atomic mass is 19.2. The van der Waals surface area contributed by atoms with Crippen LogP contribution in [-0.4, -0.2) is 0 Å². The number of rotatable bonds is 1. The van der Waals surface area contributed by atoms with Gasteiger partial charge in [-0.2, -0.15) is 0 Å². The first-order chi connectivity index (χ1) is 7.59. The van der Waals surface area contributed by atoms with Gasteiger partial charge in [0.25, 0.3) is 0 Å². The third-order valence-corrected chi connectivity index (χ3v) is 2.17. The fourth-order valence-corrected chi connectivity index (χ4v) is 1.40. The summed E-state index contributed by atoms with van der Waals surface area (Å²) >= 11 is 0. The largest absolute Gasteiger partial charge is 0.207 e. The van der Waals surface area contributed by atoms with Crippen LogP contribution in [0, 0.1) is 23.3 Å². The van der Waals surface area contributed by atoms with Gasteiger partial charge >= 0.3 is 0 Å². The van der Waals surface area contributed by atoms with E-state index in [0.717, 1.165) is 18.2 Å². The molecule has 0 spiro atoms. The lowest BCUT2D eigenvalue weighted by Crippen LogP contribution is -1.94. The van der Waals surface area contributed by atoms with Gasteiger partial charge in [-0.25, -0.2) is 17.6 Å². The molecule has 0 aliphatic heterocycles. The quantitative estimate of drug-likeness (QED) is 0.510. The number of halogens is 4. The van der Waals surface area contributed by atoms with Crippen molar-refractivity contribution in [2.45, 2.75) is 0 Å². The zero-order valence-corrected chi connectivity index (χ0v) is 7.98. The van der Waals surface area contributed by atoms with Crippen molar-refractivity contribution in [1.29, 1.82) is 0 Å². The maximum Gasteiger partial charge on any atom is 0.195 e. The Morgan fingerprint density at radius 2 is 1.50 bits per heavy atom. The maximum atomic E-state index is 13.3. The van der Waals surface area contributed by atoms with Gasteiger partial charge in [0, 0.05) is 5.56 Å². The summed E-state index contributed by atoms with van der Waals surface area (Å²) in [4.78, 5) is 0. The third kappa shape index (κ3) is 1.78. The summed E-state index contributed by atoms with van der Waals surface area (Å²) in [5.41, 5.74) is -0.00481. The van der Waals surface area contributed by atoms with Gasteiger partial charge in [-0.15, -0.1) is 0 Å². The lowest BCUT2D eigenvalue weighted by Gasteiger charge is -2.04. The van der Waals surface area contributed by atoms with Gasteiger partial charge < -0.3 is 0 Å². The molecule has 0 saturated carbocycles. The van der Waals surface area contributed by atoms with Crippen LogP contribution in [0.2, 0.25) is 0 Å². The number of benzene rings is 2. The predicted molar refractivity (Wildman–Crippen MR) is 51.7 cm³/mol. The van der Waals surface area contributed by atoms with E-state index in [9.17, 15) is 17.6 Å². The SMILES string of the molecule is Fc1cccc(-c2ccc(F)c(F)c2F)c1. The molecule has 0 atom stereocenters. The van der Waals surface area contributed by atoms with Gasteiger partial charge in [-0.05, 0) is 29.8 Å². The van der Waals surface area contributed by atoms with Crippen molar-refractivity contribution < 1.29 is 17.6 Å². The van der Waals surface area contributed by atoms with Crippen LogP contribution in [-0.2, 0) is 0 Å². The highest BCUT2D eigenvalue weighted by Gasteiger charge is 2.14. The molecule has 0 aliphatic carbocycles. The van der Waals surface area contributed by atoms with Crippen LogP contribution in [0.5, 0.6) is 0 Å². The minimum Gasteiger partial charge on any atom is -0.207 e. The second kappa shape index (κ2) is 3.96. The second-order valence-electron chi connectivity index (χ2n) is 3.23. The van der Waals surface area contributed by atoms with E-state index in [0.29, 0.717) is 0 Å². The molecular weight excluding hydrogens is 220 g/mol. The van der Waals surface area contributed by atoms with E-state index in [1.807, 2.05) is 0 Å². The topological polar surface area (TPSA) is 0 Å². The van der Waals surface area contributed by atoms with Crippen LogP contribution in [0.25, 0.3) is 11.1 Å². The Morgan fingerprint density at radius 3 is 2.19 bits per heavy atom. The van der Waals surface area contributed by atoms with Crippen LogP contribution < -0.4 is 0 Å². The summed E-state index contributed by atoms with van der Waals surface area (Å²) in [5.74, 6) is -4.70. The van der Waals surface area contributed by atoms with Crippen molar-refractivity contribution >= 4 is 0 Å². The highest BCUT2D eigenvalue weighted by Crippen LogP contribution is 2.26. The third-order valence-electron chi connectivity index (χ3n) is 2.17. The van der Waals surface area contributed by atoms with E-state index < -0.39 is 23.3 Å². The summed E-state index contributed by atoms with van der Waals surface area (Å²) in [6, 6.07) is 6.89. The van der Waals surface area contributed by atoms with Crippen molar-refractivity contribution in [2.24, 2.45) is 0 Å². The first-order valence-corrected chi connectivity index (χ1v) is 4.49. The zero-order valence-electron chi connectivity index (χ0n) is 7.98. The molecule has 0 unspecified atom stereocenters. The van der Waals surface area contributed by atoms with E-state index >= 15 is 0 Å².